The molecule has 2 bridgehead atoms. The minimum Gasteiger partial charge on any atom is -0.389 e. The van der Waals surface area contributed by atoms with E-state index in [0.717, 1.165) is 37.5 Å². The smallest absolute Gasteiger partial charge is 0.0900 e. The van der Waals surface area contributed by atoms with Crippen LogP contribution in [0.5, 0.6) is 0 Å². The lowest BCUT2D eigenvalue weighted by molar-refractivity contribution is -0.0823. The molecular formula is C18H33NO3. The number of aliphatic hydroxyl groups is 1. The van der Waals surface area contributed by atoms with E-state index >= 15 is 0 Å². The molecule has 0 aromatic heterocycles. The molecule has 3 fully saturated rings. The Morgan fingerprint density at radius 1 is 1.18 bits per heavy atom. The lowest BCUT2D eigenvalue weighted by Gasteiger charge is -2.36. The zero-order valence-corrected chi connectivity index (χ0v) is 14.2. The van der Waals surface area contributed by atoms with Gasteiger partial charge in [0.15, 0.2) is 0 Å². The van der Waals surface area contributed by atoms with Gasteiger partial charge in [-0.25, -0.2) is 0 Å². The predicted octanol–water partition coefficient (Wildman–Crippen LogP) is 2.30. The maximum Gasteiger partial charge on any atom is 0.0900 e. The highest BCUT2D eigenvalue weighted by molar-refractivity contribution is 4.89. The maximum absolute atomic E-state index is 10.2. The second kappa shape index (κ2) is 7.61. The van der Waals surface area contributed by atoms with E-state index in [-0.39, 0.29) is 18.3 Å². The Morgan fingerprint density at radius 3 is 2.59 bits per heavy atom. The fraction of sp³-hybridized carbons (Fsp3) is 1.00. The van der Waals surface area contributed by atoms with Crippen molar-refractivity contribution in [1.82, 2.24) is 4.90 Å². The molecule has 4 heteroatoms. The molecule has 0 aromatic rings. The van der Waals surface area contributed by atoms with Crippen LogP contribution >= 0.6 is 0 Å². The molecule has 2 aliphatic carbocycles. The minimum absolute atomic E-state index is 0.259. The van der Waals surface area contributed by atoms with Crippen LogP contribution in [0.1, 0.15) is 46.0 Å². The average molecular weight is 311 g/mol. The molecule has 6 atom stereocenters. The summed E-state index contributed by atoms with van der Waals surface area (Å²) in [6, 6.07) is 0. The van der Waals surface area contributed by atoms with Crippen LogP contribution in [-0.2, 0) is 9.47 Å². The van der Waals surface area contributed by atoms with Gasteiger partial charge in [-0.05, 0) is 57.3 Å². The summed E-state index contributed by atoms with van der Waals surface area (Å²) >= 11 is 0. The van der Waals surface area contributed by atoms with Gasteiger partial charge in [0, 0.05) is 26.2 Å². The van der Waals surface area contributed by atoms with E-state index in [1.807, 2.05) is 0 Å². The first kappa shape index (κ1) is 16.7. The van der Waals surface area contributed by atoms with Gasteiger partial charge in [-0.15, -0.1) is 0 Å². The molecule has 0 amide bonds. The molecule has 3 aliphatic rings. The number of nitrogens with zero attached hydrogens (tertiary/aromatic N) is 1. The van der Waals surface area contributed by atoms with Crippen molar-refractivity contribution in [1.29, 1.82) is 0 Å². The first-order chi connectivity index (χ1) is 10.6. The third-order valence-corrected chi connectivity index (χ3v) is 5.79. The number of morpholine rings is 1. The van der Waals surface area contributed by atoms with E-state index in [9.17, 15) is 5.11 Å². The molecule has 1 saturated heterocycles. The lowest BCUT2D eigenvalue weighted by atomic mass is 9.87. The molecule has 22 heavy (non-hydrogen) atoms. The van der Waals surface area contributed by atoms with Crippen LogP contribution in [0.15, 0.2) is 0 Å². The Kier molecular flexibility index (Phi) is 5.77. The fourth-order valence-electron chi connectivity index (χ4n) is 4.97. The number of hydrogen-bond donors (Lipinski definition) is 1. The molecule has 0 aromatic carbocycles. The van der Waals surface area contributed by atoms with Crippen LogP contribution in [0.25, 0.3) is 0 Å². The second-order valence-electron chi connectivity index (χ2n) is 7.93. The highest BCUT2D eigenvalue weighted by atomic mass is 16.5. The highest BCUT2D eigenvalue weighted by Crippen LogP contribution is 2.49. The fourth-order valence-corrected chi connectivity index (χ4v) is 4.97. The second-order valence-corrected chi connectivity index (χ2v) is 7.93. The lowest BCUT2D eigenvalue weighted by Crippen LogP contribution is -2.48. The molecule has 0 radical (unpaired) electrons. The average Bonchev–Trinajstić information content (AvgIpc) is 3.05. The van der Waals surface area contributed by atoms with Crippen LogP contribution in [-0.4, -0.2) is 61.2 Å². The minimum atomic E-state index is -0.377. The normalized spacial score (nSPS) is 40.2. The topological polar surface area (TPSA) is 41.9 Å². The van der Waals surface area contributed by atoms with Gasteiger partial charge in [0.25, 0.3) is 0 Å². The van der Waals surface area contributed by atoms with Gasteiger partial charge in [-0.3, -0.25) is 4.90 Å². The monoisotopic (exact) mass is 311 g/mol. The van der Waals surface area contributed by atoms with E-state index in [1.165, 1.54) is 32.1 Å². The van der Waals surface area contributed by atoms with Gasteiger partial charge < -0.3 is 14.6 Å². The summed E-state index contributed by atoms with van der Waals surface area (Å²) in [5, 5.41) is 10.2. The Balaban J connectivity index is 1.27. The van der Waals surface area contributed by atoms with Crippen LogP contribution in [0.4, 0.5) is 0 Å². The van der Waals surface area contributed by atoms with Gasteiger partial charge in [0.05, 0.1) is 24.9 Å². The van der Waals surface area contributed by atoms with Crippen molar-refractivity contribution in [3.8, 4) is 0 Å². The largest absolute Gasteiger partial charge is 0.389 e. The van der Waals surface area contributed by atoms with Crippen molar-refractivity contribution < 1.29 is 14.6 Å². The number of ether oxygens (including phenoxy) is 2. The van der Waals surface area contributed by atoms with Crippen LogP contribution in [0.2, 0.25) is 0 Å². The first-order valence-corrected chi connectivity index (χ1v) is 9.23. The molecule has 4 nitrogen and oxygen atoms in total. The zero-order chi connectivity index (χ0) is 15.5. The molecule has 1 aliphatic heterocycles. The highest BCUT2D eigenvalue weighted by Gasteiger charge is 2.38. The predicted molar refractivity (Wildman–Crippen MR) is 86.8 cm³/mol. The summed E-state index contributed by atoms with van der Waals surface area (Å²) < 4.78 is 11.5. The molecule has 0 unspecified atom stereocenters. The van der Waals surface area contributed by atoms with Crippen molar-refractivity contribution >= 4 is 0 Å². The Bertz CT molecular complexity index is 341. The van der Waals surface area contributed by atoms with E-state index in [4.69, 9.17) is 9.47 Å². The van der Waals surface area contributed by atoms with Gasteiger partial charge in [0.2, 0.25) is 0 Å². The van der Waals surface area contributed by atoms with E-state index in [0.29, 0.717) is 13.2 Å². The SMILES string of the molecule is C[C@@H]1CN(C[C@H](O)COCC[C@@H]2C[C@H]3CC[C@H]2C3)C[C@@H](C)O1. The van der Waals surface area contributed by atoms with Crippen molar-refractivity contribution in [3.63, 3.8) is 0 Å². The standard InChI is InChI=1S/C18H33NO3/c1-13-9-19(10-14(2)22-13)11-18(20)12-21-6-5-17-8-15-3-4-16(17)7-15/h13-18,20H,3-12H2,1-2H3/t13-,14-,15+,16+,17-,18+/m1/s1. The molecule has 2 saturated carbocycles. The van der Waals surface area contributed by atoms with E-state index < -0.39 is 0 Å². The zero-order valence-electron chi connectivity index (χ0n) is 14.2. The summed E-state index contributed by atoms with van der Waals surface area (Å²) in [5.74, 6) is 2.90. The summed E-state index contributed by atoms with van der Waals surface area (Å²) in [4.78, 5) is 2.29. The molecule has 3 rings (SSSR count). The van der Waals surface area contributed by atoms with Crippen molar-refractivity contribution in [2.24, 2.45) is 17.8 Å². The number of rotatable bonds is 7. The molecule has 1 heterocycles. The van der Waals surface area contributed by atoms with Crippen molar-refractivity contribution in [2.75, 3.05) is 32.8 Å². The summed E-state index contributed by atoms with van der Waals surface area (Å²) in [6.07, 6.45) is 7.16. The van der Waals surface area contributed by atoms with E-state index in [2.05, 4.69) is 18.7 Å². The van der Waals surface area contributed by atoms with Crippen LogP contribution in [0, 0.1) is 17.8 Å². The number of hydrogen-bond acceptors (Lipinski definition) is 4. The summed E-state index contributed by atoms with van der Waals surface area (Å²) in [5.41, 5.74) is 0. The number of aliphatic hydroxyl groups excluding tert-OH is 1. The number of β-amino-alcohol motifs (C(OH)–C–C–N with tert-alkyl or cyclic N) is 1. The van der Waals surface area contributed by atoms with E-state index in [1.54, 1.807) is 0 Å². The quantitative estimate of drug-likeness (QED) is 0.733. The van der Waals surface area contributed by atoms with Crippen molar-refractivity contribution in [3.05, 3.63) is 0 Å². The van der Waals surface area contributed by atoms with Crippen molar-refractivity contribution in [2.45, 2.75) is 64.3 Å². The van der Waals surface area contributed by atoms with Gasteiger partial charge in [-0.2, -0.15) is 0 Å². The van der Waals surface area contributed by atoms with Crippen LogP contribution in [0.3, 0.4) is 0 Å². The Morgan fingerprint density at radius 2 is 1.95 bits per heavy atom. The van der Waals surface area contributed by atoms with Gasteiger partial charge in [-0.1, -0.05) is 6.42 Å². The third-order valence-electron chi connectivity index (χ3n) is 5.79. The van der Waals surface area contributed by atoms with Crippen LogP contribution < -0.4 is 0 Å². The third kappa shape index (κ3) is 4.44. The van der Waals surface area contributed by atoms with Gasteiger partial charge in [0.1, 0.15) is 0 Å². The Hall–Kier alpha value is -0.160. The Labute approximate surface area is 135 Å². The molecule has 1 N–H and O–H groups in total. The number of fused-ring (bicyclic) bond motifs is 2. The molecular weight excluding hydrogens is 278 g/mol. The summed E-state index contributed by atoms with van der Waals surface area (Å²) in [6.45, 7) is 8.01. The van der Waals surface area contributed by atoms with Gasteiger partial charge >= 0.3 is 0 Å². The molecule has 0 spiro atoms. The molecule has 128 valence electrons. The first-order valence-electron chi connectivity index (χ1n) is 9.23. The maximum atomic E-state index is 10.2. The summed E-state index contributed by atoms with van der Waals surface area (Å²) in [7, 11) is 0.